The predicted octanol–water partition coefficient (Wildman–Crippen LogP) is 2.69. The van der Waals surface area contributed by atoms with Crippen molar-refractivity contribution in [1.82, 2.24) is 24.9 Å². The van der Waals surface area contributed by atoms with Gasteiger partial charge in [0, 0.05) is 12.7 Å². The minimum Gasteiger partial charge on any atom is -0.362 e. The van der Waals surface area contributed by atoms with Crippen LogP contribution in [0.3, 0.4) is 0 Å². The molecule has 9 heteroatoms. The molecule has 0 radical (unpaired) electrons. The zero-order chi connectivity index (χ0) is 17.8. The molecule has 0 aliphatic carbocycles. The van der Waals surface area contributed by atoms with Crippen LogP contribution in [0.5, 0.6) is 0 Å². The lowest BCUT2D eigenvalue weighted by atomic mass is 10.3. The number of hydrogen-bond acceptors (Lipinski definition) is 8. The Morgan fingerprint density at radius 1 is 1.16 bits per heavy atom. The molecule has 0 aliphatic rings. The second kappa shape index (κ2) is 7.31. The minimum absolute atomic E-state index is 0.191. The lowest BCUT2D eigenvalue weighted by Crippen LogP contribution is -2.15. The summed E-state index contributed by atoms with van der Waals surface area (Å²) < 4.78 is 0. The number of aryl methyl sites for hydroxylation is 2. The van der Waals surface area contributed by atoms with E-state index < -0.39 is 0 Å². The van der Waals surface area contributed by atoms with Crippen molar-refractivity contribution in [3.8, 4) is 11.5 Å². The second-order valence-corrected chi connectivity index (χ2v) is 6.16. The molecule has 0 spiro atoms. The largest absolute Gasteiger partial charge is 0.362 e. The molecule has 3 heterocycles. The second-order valence-electron chi connectivity index (χ2n) is 5.16. The van der Waals surface area contributed by atoms with Gasteiger partial charge in [-0.2, -0.15) is 9.97 Å². The standard InChI is InChI=1S/C16H17N7OS/c1-4-17-16-19-9(2)12(25-16)14(24)23-15-21-10(3)20-13(22-15)11-7-5-6-8-18-11/h5-8H,4H2,1-3H3,(H,17,19)(H,20,21,22,23,24). The van der Waals surface area contributed by atoms with E-state index in [2.05, 4.69) is 35.6 Å². The molecule has 0 aliphatic heterocycles. The van der Waals surface area contributed by atoms with Crippen LogP contribution in [0.25, 0.3) is 11.5 Å². The number of nitrogens with zero attached hydrogens (tertiary/aromatic N) is 5. The molecule has 3 aromatic heterocycles. The van der Waals surface area contributed by atoms with E-state index in [9.17, 15) is 4.79 Å². The Hall–Kier alpha value is -2.94. The van der Waals surface area contributed by atoms with Crippen molar-refractivity contribution in [2.24, 2.45) is 0 Å². The van der Waals surface area contributed by atoms with Crippen LogP contribution in [-0.2, 0) is 0 Å². The molecule has 8 nitrogen and oxygen atoms in total. The van der Waals surface area contributed by atoms with Gasteiger partial charge < -0.3 is 5.32 Å². The molecule has 0 bridgehead atoms. The highest BCUT2D eigenvalue weighted by Crippen LogP contribution is 2.23. The lowest BCUT2D eigenvalue weighted by Gasteiger charge is -2.05. The molecule has 0 aromatic carbocycles. The number of thiazole rings is 1. The SMILES string of the molecule is CCNc1nc(C)c(C(=O)Nc2nc(C)nc(-c3ccccn3)n2)s1. The van der Waals surface area contributed by atoms with Crippen LogP contribution < -0.4 is 10.6 Å². The number of hydrogen-bond donors (Lipinski definition) is 2. The molecule has 0 saturated carbocycles. The van der Waals surface area contributed by atoms with Crippen molar-refractivity contribution in [2.75, 3.05) is 17.2 Å². The topological polar surface area (TPSA) is 106 Å². The van der Waals surface area contributed by atoms with Crippen LogP contribution in [0.1, 0.15) is 28.1 Å². The molecule has 25 heavy (non-hydrogen) atoms. The van der Waals surface area contributed by atoms with Crippen molar-refractivity contribution in [3.63, 3.8) is 0 Å². The van der Waals surface area contributed by atoms with Gasteiger partial charge in [-0.1, -0.05) is 17.4 Å². The first-order chi connectivity index (χ1) is 12.1. The Kier molecular flexibility index (Phi) is 4.94. The zero-order valence-electron chi connectivity index (χ0n) is 14.1. The number of carbonyl (C=O) groups excluding carboxylic acids is 1. The first-order valence-corrected chi connectivity index (χ1v) is 8.55. The number of nitrogens with one attached hydrogen (secondary N) is 2. The average molecular weight is 355 g/mol. The van der Waals surface area contributed by atoms with Crippen molar-refractivity contribution in [3.05, 3.63) is 40.8 Å². The molecule has 128 valence electrons. The fourth-order valence-electron chi connectivity index (χ4n) is 2.14. The van der Waals surface area contributed by atoms with Gasteiger partial charge in [-0.05, 0) is 32.9 Å². The van der Waals surface area contributed by atoms with E-state index in [0.29, 0.717) is 33.0 Å². The molecule has 1 amide bonds. The van der Waals surface area contributed by atoms with Crippen molar-refractivity contribution in [2.45, 2.75) is 20.8 Å². The summed E-state index contributed by atoms with van der Waals surface area (Å²) in [5.74, 6) is 0.811. The van der Waals surface area contributed by atoms with Gasteiger partial charge in [0.25, 0.3) is 5.91 Å². The van der Waals surface area contributed by atoms with E-state index in [4.69, 9.17) is 0 Å². The monoisotopic (exact) mass is 355 g/mol. The number of pyridine rings is 1. The number of carbonyl (C=O) groups is 1. The maximum Gasteiger partial charge on any atom is 0.270 e. The number of amides is 1. The summed E-state index contributed by atoms with van der Waals surface area (Å²) >= 11 is 1.30. The minimum atomic E-state index is -0.295. The summed E-state index contributed by atoms with van der Waals surface area (Å²) in [6.07, 6.45) is 1.66. The van der Waals surface area contributed by atoms with Gasteiger partial charge >= 0.3 is 0 Å². The Morgan fingerprint density at radius 2 is 2.00 bits per heavy atom. The van der Waals surface area contributed by atoms with Crippen molar-refractivity contribution < 1.29 is 4.79 Å². The lowest BCUT2D eigenvalue weighted by molar-refractivity contribution is 0.102. The van der Waals surface area contributed by atoms with E-state index in [1.807, 2.05) is 19.1 Å². The predicted molar refractivity (Wildman–Crippen MR) is 96.8 cm³/mol. The van der Waals surface area contributed by atoms with E-state index in [1.54, 1.807) is 26.1 Å². The molecule has 3 rings (SSSR count). The molecule has 2 N–H and O–H groups in total. The molecule has 0 atom stereocenters. The van der Waals surface area contributed by atoms with E-state index >= 15 is 0 Å². The Balaban J connectivity index is 1.85. The third kappa shape index (κ3) is 3.94. The van der Waals surface area contributed by atoms with Crippen molar-refractivity contribution >= 4 is 28.3 Å². The normalized spacial score (nSPS) is 10.5. The van der Waals surface area contributed by atoms with E-state index in [1.165, 1.54) is 11.3 Å². The molecular formula is C16H17N7OS. The summed E-state index contributed by atoms with van der Waals surface area (Å²) in [7, 11) is 0. The first-order valence-electron chi connectivity index (χ1n) is 7.73. The van der Waals surface area contributed by atoms with Crippen LogP contribution in [0.4, 0.5) is 11.1 Å². The van der Waals surface area contributed by atoms with Gasteiger partial charge in [-0.15, -0.1) is 0 Å². The van der Waals surface area contributed by atoms with Crippen LogP contribution >= 0.6 is 11.3 Å². The van der Waals surface area contributed by atoms with Crippen LogP contribution in [0, 0.1) is 13.8 Å². The Bertz CT molecular complexity index is 895. The first kappa shape index (κ1) is 16.9. The summed E-state index contributed by atoms with van der Waals surface area (Å²) in [5, 5.41) is 6.54. The summed E-state index contributed by atoms with van der Waals surface area (Å²) in [6, 6.07) is 5.47. The third-order valence-corrected chi connectivity index (χ3v) is 4.31. The van der Waals surface area contributed by atoms with Gasteiger partial charge in [-0.25, -0.2) is 9.97 Å². The maximum absolute atomic E-state index is 12.5. The third-order valence-electron chi connectivity index (χ3n) is 3.20. The highest BCUT2D eigenvalue weighted by atomic mass is 32.1. The summed E-state index contributed by atoms with van der Waals surface area (Å²) in [4.78, 5) is 34.4. The van der Waals surface area contributed by atoms with Gasteiger partial charge in [0.1, 0.15) is 16.4 Å². The average Bonchev–Trinajstić information content (AvgIpc) is 2.96. The smallest absolute Gasteiger partial charge is 0.270 e. The number of rotatable bonds is 5. The molecule has 0 saturated heterocycles. The van der Waals surface area contributed by atoms with Crippen LogP contribution in [0.15, 0.2) is 24.4 Å². The number of anilines is 2. The quantitative estimate of drug-likeness (QED) is 0.725. The van der Waals surface area contributed by atoms with Gasteiger partial charge in [-0.3, -0.25) is 15.1 Å². The number of aromatic nitrogens is 5. The fraction of sp³-hybridized carbons (Fsp3) is 0.250. The maximum atomic E-state index is 12.5. The molecule has 3 aromatic rings. The van der Waals surface area contributed by atoms with E-state index in [-0.39, 0.29) is 11.9 Å². The van der Waals surface area contributed by atoms with E-state index in [0.717, 1.165) is 6.54 Å². The highest BCUT2D eigenvalue weighted by Gasteiger charge is 2.17. The molecule has 0 fully saturated rings. The fourth-order valence-corrected chi connectivity index (χ4v) is 3.07. The van der Waals surface area contributed by atoms with Crippen LogP contribution in [0.2, 0.25) is 0 Å². The van der Waals surface area contributed by atoms with Crippen LogP contribution in [-0.4, -0.2) is 37.4 Å². The molecular weight excluding hydrogens is 338 g/mol. The Morgan fingerprint density at radius 3 is 2.72 bits per heavy atom. The Labute approximate surface area is 148 Å². The zero-order valence-corrected chi connectivity index (χ0v) is 14.9. The molecule has 0 unspecified atom stereocenters. The van der Waals surface area contributed by atoms with Gasteiger partial charge in [0.05, 0.1) is 5.69 Å². The summed E-state index contributed by atoms with van der Waals surface area (Å²) in [6.45, 7) is 6.26. The summed E-state index contributed by atoms with van der Waals surface area (Å²) in [5.41, 5.74) is 1.28. The van der Waals surface area contributed by atoms with Crippen molar-refractivity contribution in [1.29, 1.82) is 0 Å². The van der Waals surface area contributed by atoms with Gasteiger partial charge in [0.15, 0.2) is 11.0 Å². The highest BCUT2D eigenvalue weighted by molar-refractivity contribution is 7.17. The van der Waals surface area contributed by atoms with Gasteiger partial charge in [0.2, 0.25) is 5.95 Å².